The van der Waals surface area contributed by atoms with E-state index >= 15 is 0 Å². The number of ether oxygens (including phenoxy) is 1. The van der Waals surface area contributed by atoms with E-state index in [4.69, 9.17) is 9.84 Å². The zero-order valence-corrected chi connectivity index (χ0v) is 18.4. The van der Waals surface area contributed by atoms with E-state index < -0.39 is 5.97 Å². The maximum absolute atomic E-state index is 11.1. The Balaban J connectivity index is 1.41. The summed E-state index contributed by atoms with van der Waals surface area (Å²) in [6, 6.07) is 23.7. The molecule has 2 N–H and O–H groups in total. The van der Waals surface area contributed by atoms with Gasteiger partial charge >= 0.3 is 5.97 Å². The minimum Gasteiger partial charge on any atom is -0.489 e. The highest BCUT2D eigenvalue weighted by Crippen LogP contribution is 2.39. The Labute approximate surface area is 192 Å². The van der Waals surface area contributed by atoms with Crippen LogP contribution in [0.3, 0.4) is 0 Å². The van der Waals surface area contributed by atoms with Gasteiger partial charge in [0, 0.05) is 18.8 Å². The van der Waals surface area contributed by atoms with Crippen molar-refractivity contribution < 1.29 is 14.6 Å². The third kappa shape index (κ3) is 4.32. The molecule has 1 atom stereocenters. The number of pyridine rings is 1. The van der Waals surface area contributed by atoms with Gasteiger partial charge in [-0.1, -0.05) is 48.5 Å². The molecule has 0 fully saturated rings. The van der Waals surface area contributed by atoms with Crippen LogP contribution in [-0.4, -0.2) is 29.2 Å². The number of nitrogens with one attached hydrogen (secondary N) is 1. The molecule has 0 saturated carbocycles. The maximum atomic E-state index is 11.1. The van der Waals surface area contributed by atoms with E-state index in [0.717, 1.165) is 35.9 Å². The summed E-state index contributed by atoms with van der Waals surface area (Å²) in [7, 11) is 0. The standard InChI is InChI=1S/C27H25N3O3/c1-18(20-8-10-22(11-9-20)27(31)32)29-26-25-24(12-13-28-26)33-15-14-30(25)17-19-6-7-21-4-2-3-5-23(21)16-19/h2-13,16,18H,14-15,17H2,1H3,(H,28,29)(H,31,32). The molecular weight excluding hydrogens is 414 g/mol. The second kappa shape index (κ2) is 8.82. The number of carboxylic acids is 1. The molecule has 1 aliphatic heterocycles. The number of aromatic nitrogens is 1. The maximum Gasteiger partial charge on any atom is 0.335 e. The second-order valence-electron chi connectivity index (χ2n) is 8.25. The second-order valence-corrected chi connectivity index (χ2v) is 8.25. The van der Waals surface area contributed by atoms with E-state index in [1.165, 1.54) is 16.3 Å². The van der Waals surface area contributed by atoms with E-state index in [0.29, 0.717) is 6.61 Å². The first kappa shape index (κ1) is 20.8. The number of benzene rings is 3. The van der Waals surface area contributed by atoms with E-state index in [9.17, 15) is 4.79 Å². The molecule has 6 heteroatoms. The smallest absolute Gasteiger partial charge is 0.335 e. The minimum atomic E-state index is -0.928. The summed E-state index contributed by atoms with van der Waals surface area (Å²) >= 11 is 0. The third-order valence-electron chi connectivity index (χ3n) is 6.02. The van der Waals surface area contributed by atoms with Crippen molar-refractivity contribution in [1.82, 2.24) is 4.98 Å². The zero-order valence-electron chi connectivity index (χ0n) is 18.4. The molecule has 1 aromatic heterocycles. The molecule has 1 unspecified atom stereocenters. The quantitative estimate of drug-likeness (QED) is 0.413. The first-order valence-corrected chi connectivity index (χ1v) is 11.0. The number of anilines is 2. The SMILES string of the molecule is CC(Nc1nccc2c1N(Cc1ccc3ccccc3c1)CCO2)c1ccc(C(=O)O)cc1. The Morgan fingerprint density at radius 1 is 1.09 bits per heavy atom. The molecule has 0 radical (unpaired) electrons. The van der Waals surface area contributed by atoms with Crippen LogP contribution < -0.4 is 15.0 Å². The Morgan fingerprint density at radius 3 is 2.67 bits per heavy atom. The zero-order chi connectivity index (χ0) is 22.8. The molecule has 33 heavy (non-hydrogen) atoms. The Morgan fingerprint density at radius 2 is 1.88 bits per heavy atom. The number of hydrogen-bond donors (Lipinski definition) is 2. The largest absolute Gasteiger partial charge is 0.489 e. The number of carboxylic acid groups (broad SMARTS) is 1. The molecule has 3 aromatic carbocycles. The lowest BCUT2D eigenvalue weighted by molar-refractivity contribution is 0.0697. The van der Waals surface area contributed by atoms with E-state index in [1.54, 1.807) is 18.3 Å². The lowest BCUT2D eigenvalue weighted by atomic mass is 10.1. The Hall–Kier alpha value is -4.06. The number of aromatic carboxylic acids is 1. The molecule has 6 nitrogen and oxygen atoms in total. The normalized spacial score (nSPS) is 13.8. The van der Waals surface area contributed by atoms with Gasteiger partial charge in [-0.25, -0.2) is 9.78 Å². The van der Waals surface area contributed by atoms with Gasteiger partial charge in [-0.05, 0) is 47.0 Å². The Bertz CT molecular complexity index is 1300. The molecule has 0 aliphatic carbocycles. The molecule has 2 heterocycles. The predicted octanol–water partition coefficient (Wildman–Crippen LogP) is 5.51. The summed E-state index contributed by atoms with van der Waals surface area (Å²) in [6.07, 6.45) is 1.75. The predicted molar refractivity (Wildman–Crippen MR) is 130 cm³/mol. The lowest BCUT2D eigenvalue weighted by Gasteiger charge is -2.33. The molecule has 0 bridgehead atoms. The molecule has 166 valence electrons. The number of fused-ring (bicyclic) bond motifs is 2. The third-order valence-corrected chi connectivity index (χ3v) is 6.02. The first-order valence-electron chi connectivity index (χ1n) is 11.0. The van der Waals surface area contributed by atoms with Crippen molar-refractivity contribution in [2.75, 3.05) is 23.4 Å². The summed E-state index contributed by atoms with van der Waals surface area (Å²) < 4.78 is 5.94. The van der Waals surface area contributed by atoms with Crippen molar-refractivity contribution in [2.45, 2.75) is 19.5 Å². The minimum absolute atomic E-state index is 0.0590. The first-order chi connectivity index (χ1) is 16.1. The van der Waals surface area contributed by atoms with Gasteiger partial charge in [0.25, 0.3) is 0 Å². The van der Waals surface area contributed by atoms with Gasteiger partial charge in [0.15, 0.2) is 5.82 Å². The van der Waals surface area contributed by atoms with Gasteiger partial charge in [-0.15, -0.1) is 0 Å². The van der Waals surface area contributed by atoms with Crippen molar-refractivity contribution in [3.05, 3.63) is 95.7 Å². The lowest BCUT2D eigenvalue weighted by Crippen LogP contribution is -2.33. The summed E-state index contributed by atoms with van der Waals surface area (Å²) in [5.41, 5.74) is 3.44. The van der Waals surface area contributed by atoms with Crippen LogP contribution in [0.15, 0.2) is 79.0 Å². The topological polar surface area (TPSA) is 74.7 Å². The highest BCUT2D eigenvalue weighted by molar-refractivity contribution is 5.87. The molecule has 0 spiro atoms. The van der Waals surface area contributed by atoms with Crippen LogP contribution in [0.5, 0.6) is 5.75 Å². The fourth-order valence-electron chi connectivity index (χ4n) is 4.26. The van der Waals surface area contributed by atoms with E-state index in [2.05, 4.69) is 57.7 Å². The van der Waals surface area contributed by atoms with Gasteiger partial charge in [0.2, 0.25) is 0 Å². The number of rotatable bonds is 6. The average Bonchev–Trinajstić information content (AvgIpc) is 2.84. The highest BCUT2D eigenvalue weighted by atomic mass is 16.5. The van der Waals surface area contributed by atoms with Gasteiger partial charge in [0.1, 0.15) is 18.0 Å². The van der Waals surface area contributed by atoms with Crippen LogP contribution in [0.1, 0.15) is 34.5 Å². The molecular formula is C27H25N3O3. The van der Waals surface area contributed by atoms with E-state index in [-0.39, 0.29) is 11.6 Å². The van der Waals surface area contributed by atoms with Crippen molar-refractivity contribution in [3.8, 4) is 5.75 Å². The molecule has 0 amide bonds. The van der Waals surface area contributed by atoms with Crippen molar-refractivity contribution in [3.63, 3.8) is 0 Å². The van der Waals surface area contributed by atoms with E-state index in [1.807, 2.05) is 25.1 Å². The van der Waals surface area contributed by atoms with Crippen LogP contribution in [0, 0.1) is 0 Å². The van der Waals surface area contributed by atoms with Crippen molar-refractivity contribution >= 4 is 28.2 Å². The molecule has 0 saturated heterocycles. The van der Waals surface area contributed by atoms with Gasteiger partial charge in [0.05, 0.1) is 18.2 Å². The fourth-order valence-corrected chi connectivity index (χ4v) is 4.26. The van der Waals surface area contributed by atoms with Gasteiger partial charge in [-0.2, -0.15) is 0 Å². The molecule has 4 aromatic rings. The highest BCUT2D eigenvalue weighted by Gasteiger charge is 2.24. The summed E-state index contributed by atoms with van der Waals surface area (Å²) in [5.74, 6) is 0.637. The van der Waals surface area contributed by atoms with Crippen LogP contribution in [0.2, 0.25) is 0 Å². The van der Waals surface area contributed by atoms with Crippen molar-refractivity contribution in [1.29, 1.82) is 0 Å². The van der Waals surface area contributed by atoms with Gasteiger partial charge < -0.3 is 20.1 Å². The monoisotopic (exact) mass is 439 g/mol. The summed E-state index contributed by atoms with van der Waals surface area (Å²) in [4.78, 5) is 18.1. The number of hydrogen-bond acceptors (Lipinski definition) is 5. The Kier molecular flexibility index (Phi) is 5.57. The summed E-state index contributed by atoms with van der Waals surface area (Å²) in [5, 5.41) is 15.1. The van der Waals surface area contributed by atoms with Crippen LogP contribution in [0.4, 0.5) is 11.5 Å². The summed E-state index contributed by atoms with van der Waals surface area (Å²) in [6.45, 7) is 4.18. The molecule has 5 rings (SSSR count). The number of carbonyl (C=O) groups is 1. The van der Waals surface area contributed by atoms with Crippen LogP contribution in [-0.2, 0) is 6.54 Å². The van der Waals surface area contributed by atoms with Crippen LogP contribution >= 0.6 is 0 Å². The van der Waals surface area contributed by atoms with Crippen LogP contribution in [0.25, 0.3) is 10.8 Å². The van der Waals surface area contributed by atoms with Crippen molar-refractivity contribution in [2.24, 2.45) is 0 Å². The average molecular weight is 440 g/mol. The molecule has 1 aliphatic rings. The fraction of sp³-hybridized carbons (Fsp3) is 0.185. The van der Waals surface area contributed by atoms with Gasteiger partial charge in [-0.3, -0.25) is 0 Å². The number of nitrogens with zero attached hydrogens (tertiary/aromatic N) is 2.